The molecule has 3 heterocycles. The number of nitrogens with one attached hydrogen (secondary N) is 1. The number of aromatic nitrogens is 1. The molecule has 2 fully saturated rings. The average molecular weight is 489 g/mol. The van der Waals surface area contributed by atoms with Crippen LogP contribution in [0.1, 0.15) is 36.0 Å². The minimum absolute atomic E-state index is 0. The number of carbonyl (C=O) groups excluding carboxylic acids is 1. The molecule has 2 saturated heterocycles. The zero-order valence-electron chi connectivity index (χ0n) is 17.3. The van der Waals surface area contributed by atoms with Crippen LogP contribution in [0.2, 0.25) is 0 Å². The third kappa shape index (κ3) is 3.47. The van der Waals surface area contributed by atoms with Crippen LogP contribution < -0.4 is 5.32 Å². The number of piperidine rings is 1. The van der Waals surface area contributed by atoms with Gasteiger partial charge in [0.15, 0.2) is 0 Å². The van der Waals surface area contributed by atoms with E-state index in [2.05, 4.69) is 56.0 Å². The highest BCUT2D eigenvalue weighted by Crippen LogP contribution is 2.38. The first kappa shape index (κ1) is 21.4. The second-order valence-corrected chi connectivity index (χ2v) is 9.33. The lowest BCUT2D eigenvalue weighted by Crippen LogP contribution is -2.48. The highest BCUT2D eigenvalue weighted by molar-refractivity contribution is 9.10. The molecule has 1 aromatic heterocycles. The maximum atomic E-state index is 13.6. The van der Waals surface area contributed by atoms with Crippen LogP contribution in [0, 0.1) is 0 Å². The fourth-order valence-electron chi connectivity index (χ4n) is 5.39. The van der Waals surface area contributed by atoms with E-state index in [1.165, 1.54) is 12.8 Å². The molecular weight excluding hydrogens is 462 g/mol. The first-order valence-electron chi connectivity index (χ1n) is 10.4. The topological polar surface area (TPSA) is 37.3 Å². The Morgan fingerprint density at radius 3 is 2.33 bits per heavy atom. The third-order valence-corrected chi connectivity index (χ3v) is 7.54. The molecule has 0 spiro atoms. The summed E-state index contributed by atoms with van der Waals surface area (Å²) in [5, 5.41) is 4.39. The van der Waals surface area contributed by atoms with Crippen LogP contribution in [0.15, 0.2) is 53.0 Å². The molecule has 4 nitrogen and oxygen atoms in total. The number of carbonyl (C=O) groups is 1. The fourth-order valence-corrected chi connectivity index (χ4v) is 5.94. The molecule has 3 atom stereocenters. The molecule has 30 heavy (non-hydrogen) atoms. The SMILES string of the molecule is CN1[C@@H]2CC[C@H]1CC(NC(=O)c1c(-c3ccccc3)n(C)c3cccc(Br)c13)C2.Cl. The maximum absolute atomic E-state index is 13.6. The summed E-state index contributed by atoms with van der Waals surface area (Å²) in [6, 6.07) is 17.8. The van der Waals surface area contributed by atoms with Gasteiger partial charge in [-0.2, -0.15) is 0 Å². The first-order chi connectivity index (χ1) is 14.0. The van der Waals surface area contributed by atoms with Crippen LogP contribution in [0.5, 0.6) is 0 Å². The Hall–Kier alpha value is -1.82. The van der Waals surface area contributed by atoms with Crippen molar-refractivity contribution in [1.29, 1.82) is 0 Å². The Labute approximate surface area is 192 Å². The van der Waals surface area contributed by atoms with Crippen LogP contribution in [-0.2, 0) is 7.05 Å². The maximum Gasteiger partial charge on any atom is 0.254 e. The standard InChI is InChI=1S/C24H26BrN3O.ClH/c1-27-17-11-12-18(27)14-16(13-17)26-24(29)22-21-19(25)9-6-10-20(21)28(2)23(22)15-7-4-3-5-8-15;/h3-10,16-18H,11-14H2,1-2H3,(H,26,29);1H/t16?,17-,18+;. The molecule has 1 amide bonds. The van der Waals surface area contributed by atoms with E-state index in [1.807, 2.05) is 37.4 Å². The molecule has 2 aliphatic rings. The molecule has 158 valence electrons. The smallest absolute Gasteiger partial charge is 0.254 e. The van der Waals surface area contributed by atoms with Crippen LogP contribution in [0.3, 0.4) is 0 Å². The largest absolute Gasteiger partial charge is 0.349 e. The van der Waals surface area contributed by atoms with Crippen molar-refractivity contribution in [3.05, 3.63) is 58.6 Å². The summed E-state index contributed by atoms with van der Waals surface area (Å²) in [4.78, 5) is 16.1. The van der Waals surface area contributed by atoms with Gasteiger partial charge < -0.3 is 14.8 Å². The lowest BCUT2D eigenvalue weighted by Gasteiger charge is -2.36. The second-order valence-electron chi connectivity index (χ2n) is 8.47. The number of nitrogens with zero attached hydrogens (tertiary/aromatic N) is 2. The van der Waals surface area contributed by atoms with Crippen molar-refractivity contribution in [2.45, 2.75) is 43.8 Å². The summed E-state index contributed by atoms with van der Waals surface area (Å²) in [6.07, 6.45) is 4.60. The molecule has 5 rings (SSSR count). The third-order valence-electron chi connectivity index (χ3n) is 6.88. The van der Waals surface area contributed by atoms with E-state index in [9.17, 15) is 4.79 Å². The Bertz CT molecular complexity index is 1070. The van der Waals surface area contributed by atoms with E-state index < -0.39 is 0 Å². The lowest BCUT2D eigenvalue weighted by atomic mass is 9.97. The van der Waals surface area contributed by atoms with Crippen molar-refractivity contribution in [2.75, 3.05) is 7.05 Å². The van der Waals surface area contributed by atoms with E-state index in [4.69, 9.17) is 0 Å². The number of halogens is 2. The van der Waals surface area contributed by atoms with Crippen molar-refractivity contribution in [3.63, 3.8) is 0 Å². The van der Waals surface area contributed by atoms with Gasteiger partial charge in [-0.05, 0) is 50.4 Å². The number of fused-ring (bicyclic) bond motifs is 3. The summed E-state index contributed by atoms with van der Waals surface area (Å²) in [7, 11) is 4.28. The monoisotopic (exact) mass is 487 g/mol. The first-order valence-corrected chi connectivity index (χ1v) is 11.2. The number of benzene rings is 2. The molecule has 1 N–H and O–H groups in total. The van der Waals surface area contributed by atoms with E-state index in [-0.39, 0.29) is 24.4 Å². The molecule has 2 aliphatic heterocycles. The van der Waals surface area contributed by atoms with Crippen LogP contribution in [0.25, 0.3) is 22.2 Å². The van der Waals surface area contributed by atoms with Crippen molar-refractivity contribution < 1.29 is 4.79 Å². The summed E-state index contributed by atoms with van der Waals surface area (Å²) in [6.45, 7) is 0. The zero-order valence-corrected chi connectivity index (χ0v) is 19.7. The predicted molar refractivity (Wildman–Crippen MR) is 128 cm³/mol. The van der Waals surface area contributed by atoms with Gasteiger partial charge in [-0.1, -0.05) is 52.3 Å². The zero-order chi connectivity index (χ0) is 20.1. The quantitative estimate of drug-likeness (QED) is 0.537. The molecule has 2 aromatic carbocycles. The molecule has 0 radical (unpaired) electrons. The van der Waals surface area contributed by atoms with Gasteiger partial charge in [0.05, 0.1) is 16.8 Å². The van der Waals surface area contributed by atoms with Gasteiger partial charge in [0.2, 0.25) is 0 Å². The highest BCUT2D eigenvalue weighted by atomic mass is 79.9. The van der Waals surface area contributed by atoms with Gasteiger partial charge in [-0.15, -0.1) is 12.4 Å². The normalized spacial score (nSPS) is 23.4. The van der Waals surface area contributed by atoms with Crippen molar-refractivity contribution in [1.82, 2.24) is 14.8 Å². The Morgan fingerprint density at radius 1 is 1.00 bits per heavy atom. The molecule has 0 saturated carbocycles. The van der Waals surface area contributed by atoms with Gasteiger partial charge >= 0.3 is 0 Å². The van der Waals surface area contributed by atoms with E-state index in [0.29, 0.717) is 12.1 Å². The van der Waals surface area contributed by atoms with E-state index in [1.54, 1.807) is 0 Å². The molecule has 3 aromatic rings. The van der Waals surface area contributed by atoms with Crippen molar-refractivity contribution in [2.24, 2.45) is 7.05 Å². The summed E-state index contributed by atoms with van der Waals surface area (Å²) in [5.41, 5.74) is 3.87. The minimum Gasteiger partial charge on any atom is -0.349 e. The molecule has 1 unspecified atom stereocenters. The minimum atomic E-state index is 0. The van der Waals surface area contributed by atoms with Gasteiger partial charge in [-0.3, -0.25) is 4.79 Å². The number of hydrogen-bond donors (Lipinski definition) is 1. The van der Waals surface area contributed by atoms with E-state index >= 15 is 0 Å². The summed E-state index contributed by atoms with van der Waals surface area (Å²) in [5.74, 6) is 0.0373. The summed E-state index contributed by atoms with van der Waals surface area (Å²) < 4.78 is 3.10. The van der Waals surface area contributed by atoms with Gasteiger partial charge in [-0.25, -0.2) is 0 Å². The highest BCUT2D eigenvalue weighted by Gasteiger charge is 2.39. The average Bonchev–Trinajstić information content (AvgIpc) is 3.11. The number of hydrogen-bond acceptors (Lipinski definition) is 2. The Morgan fingerprint density at radius 2 is 1.67 bits per heavy atom. The second kappa shape index (κ2) is 8.37. The van der Waals surface area contributed by atoms with E-state index in [0.717, 1.165) is 45.0 Å². The van der Waals surface area contributed by atoms with Crippen LogP contribution in [0.4, 0.5) is 0 Å². The number of aryl methyl sites for hydroxylation is 1. The molecule has 6 heteroatoms. The number of amides is 1. The number of rotatable bonds is 3. The molecular formula is C24H27BrClN3O. The summed E-state index contributed by atoms with van der Waals surface area (Å²) >= 11 is 3.70. The van der Waals surface area contributed by atoms with Crippen LogP contribution in [-0.4, -0.2) is 40.5 Å². The van der Waals surface area contributed by atoms with Gasteiger partial charge in [0, 0.05) is 35.0 Å². The van der Waals surface area contributed by atoms with Crippen LogP contribution >= 0.6 is 28.3 Å². The fraction of sp³-hybridized carbons (Fsp3) is 0.375. The Balaban J connectivity index is 0.00000218. The van der Waals surface area contributed by atoms with Gasteiger partial charge in [0.1, 0.15) is 0 Å². The van der Waals surface area contributed by atoms with Gasteiger partial charge in [0.25, 0.3) is 5.91 Å². The Kier molecular flexibility index (Phi) is 5.97. The molecule has 2 bridgehead atoms. The predicted octanol–water partition coefficient (Wildman–Crippen LogP) is 5.38. The van der Waals surface area contributed by atoms with Crippen molar-refractivity contribution >= 4 is 45.1 Å². The van der Waals surface area contributed by atoms with Crippen molar-refractivity contribution in [3.8, 4) is 11.3 Å². The lowest BCUT2D eigenvalue weighted by molar-refractivity contribution is 0.0884. The molecule has 0 aliphatic carbocycles.